The number of aryl methyl sites for hydroxylation is 1. The molecule has 4 aromatic rings. The number of nitrogens with zero attached hydrogens (tertiary/aromatic N) is 1. The summed E-state index contributed by atoms with van der Waals surface area (Å²) < 4.78 is 2.57. The first-order valence-electron chi connectivity index (χ1n) is 16.3. The van der Waals surface area contributed by atoms with Crippen LogP contribution in [-0.2, 0) is 6.54 Å². The summed E-state index contributed by atoms with van der Waals surface area (Å²) in [5.41, 5.74) is 21.2. The third-order valence-corrected chi connectivity index (χ3v) is 7.72. The van der Waals surface area contributed by atoms with Crippen LogP contribution in [0.3, 0.4) is 0 Å². The number of nitrogens with two attached hydrogens (primary N) is 2. The van der Waals surface area contributed by atoms with Crippen molar-refractivity contribution in [3.05, 3.63) is 152 Å². The fourth-order valence-electron chi connectivity index (χ4n) is 5.76. The van der Waals surface area contributed by atoms with Gasteiger partial charge >= 0.3 is 0 Å². The van der Waals surface area contributed by atoms with E-state index in [0.29, 0.717) is 17.7 Å². The monoisotopic (exact) mass is 616 g/mol. The maximum atomic E-state index is 5.68. The summed E-state index contributed by atoms with van der Waals surface area (Å²) >= 11 is 0. The summed E-state index contributed by atoms with van der Waals surface area (Å²) in [5.74, 6) is 1.15. The van der Waals surface area contributed by atoms with Crippen molar-refractivity contribution >= 4 is 5.57 Å². The van der Waals surface area contributed by atoms with Crippen molar-refractivity contribution in [3.8, 4) is 22.4 Å². The maximum absolute atomic E-state index is 5.68. The van der Waals surface area contributed by atoms with E-state index < -0.39 is 0 Å². The van der Waals surface area contributed by atoms with Crippen LogP contribution < -0.4 is 16.8 Å². The number of rotatable bonds is 14. The lowest BCUT2D eigenvalue weighted by Crippen LogP contribution is -2.19. The lowest BCUT2D eigenvalue weighted by atomic mass is 9.92. The smallest absolute Gasteiger partial charge is 0.0927 e. The van der Waals surface area contributed by atoms with E-state index in [-0.39, 0.29) is 0 Å². The quantitative estimate of drug-likeness (QED) is 0.0975. The number of benzene rings is 3. The van der Waals surface area contributed by atoms with Crippen molar-refractivity contribution in [1.29, 1.82) is 0 Å². The highest BCUT2D eigenvalue weighted by Gasteiger charge is 2.26. The van der Waals surface area contributed by atoms with Gasteiger partial charge in [-0.2, -0.15) is 0 Å². The van der Waals surface area contributed by atoms with E-state index in [2.05, 4.69) is 124 Å². The first kappa shape index (κ1) is 37.6. The highest BCUT2D eigenvalue weighted by molar-refractivity contribution is 5.92. The molecule has 46 heavy (non-hydrogen) atoms. The Kier molecular flexibility index (Phi) is 16.2. The molecule has 1 atom stereocenters. The summed E-state index contributed by atoms with van der Waals surface area (Å²) in [7, 11) is 1.50. The molecule has 0 aliphatic heterocycles. The van der Waals surface area contributed by atoms with Gasteiger partial charge in [0.1, 0.15) is 0 Å². The maximum Gasteiger partial charge on any atom is 0.0927 e. The molecule has 1 unspecified atom stereocenters. The van der Waals surface area contributed by atoms with Gasteiger partial charge < -0.3 is 21.4 Å². The highest BCUT2D eigenvalue weighted by atomic mass is 15.0. The molecule has 1 aromatic heterocycles. The van der Waals surface area contributed by atoms with Gasteiger partial charge in [0.2, 0.25) is 0 Å². The van der Waals surface area contributed by atoms with Gasteiger partial charge in [-0.25, -0.2) is 0 Å². The molecule has 0 saturated heterocycles. The molecule has 244 valence electrons. The van der Waals surface area contributed by atoms with E-state index in [1.807, 2.05) is 42.5 Å². The van der Waals surface area contributed by atoms with Crippen LogP contribution >= 0.6 is 0 Å². The zero-order chi connectivity index (χ0) is 34.1. The lowest BCUT2D eigenvalue weighted by Gasteiger charge is -2.19. The van der Waals surface area contributed by atoms with Crippen molar-refractivity contribution in [2.45, 2.75) is 65.8 Å². The van der Waals surface area contributed by atoms with Crippen molar-refractivity contribution < 1.29 is 0 Å². The van der Waals surface area contributed by atoms with Gasteiger partial charge in [0.25, 0.3) is 0 Å². The molecular formula is C42H56N4. The molecule has 5 N–H and O–H groups in total. The number of allylic oxidation sites excluding steroid dienone is 3. The minimum atomic E-state index is 0.353. The standard InChI is InChI=1S/C35H45N3.C6H6.CH5N/c1-9-29(23-27(7)37-28(8)36)15-13-14-22-38-34(25(4)5)32(24(2)3)33(30-16-11-10-12-17-30)35(38)31-20-18-26(6)19-21-31;1-2-4-6-5-3-1;1-2/h9-12,16-21,25,29,37H,1-2,7-8,13-15,22-23,36H2,3-6H3;1-6H;2H2,1H3. The number of hydrogen-bond donors (Lipinski definition) is 3. The third kappa shape index (κ3) is 11.1. The second-order valence-corrected chi connectivity index (χ2v) is 11.9. The fourth-order valence-corrected chi connectivity index (χ4v) is 5.76. The Balaban J connectivity index is 0.000000810. The third-order valence-electron chi connectivity index (χ3n) is 7.72. The van der Waals surface area contributed by atoms with E-state index in [9.17, 15) is 0 Å². The topological polar surface area (TPSA) is 69.0 Å². The molecule has 4 nitrogen and oxygen atoms in total. The van der Waals surface area contributed by atoms with Gasteiger partial charge in [0, 0.05) is 29.1 Å². The normalized spacial score (nSPS) is 10.9. The molecule has 1 heterocycles. The molecule has 4 rings (SSSR count). The van der Waals surface area contributed by atoms with Gasteiger partial charge in [0.05, 0.1) is 11.5 Å². The van der Waals surface area contributed by atoms with Crippen molar-refractivity contribution in [2.75, 3.05) is 7.05 Å². The Morgan fingerprint density at radius 2 is 1.37 bits per heavy atom. The van der Waals surface area contributed by atoms with Gasteiger partial charge in [-0.1, -0.05) is 143 Å². The van der Waals surface area contributed by atoms with Crippen molar-refractivity contribution in [3.63, 3.8) is 0 Å². The lowest BCUT2D eigenvalue weighted by molar-refractivity contribution is 0.500. The Bertz CT molecular complexity index is 1480. The summed E-state index contributed by atoms with van der Waals surface area (Å²) in [6, 6.07) is 31.7. The van der Waals surface area contributed by atoms with Gasteiger partial charge in [0.15, 0.2) is 0 Å². The van der Waals surface area contributed by atoms with Crippen LogP contribution in [0.5, 0.6) is 0 Å². The largest absolute Gasteiger partial charge is 0.386 e. The Morgan fingerprint density at radius 3 is 1.85 bits per heavy atom. The molecule has 0 aliphatic rings. The van der Waals surface area contributed by atoms with Crippen LogP contribution in [0.15, 0.2) is 135 Å². The first-order valence-corrected chi connectivity index (χ1v) is 16.3. The van der Waals surface area contributed by atoms with E-state index in [4.69, 9.17) is 5.73 Å². The summed E-state index contributed by atoms with van der Waals surface area (Å²) in [5, 5.41) is 3.04. The molecular weight excluding hydrogens is 560 g/mol. The number of hydrogen-bond acceptors (Lipinski definition) is 3. The number of nitrogens with one attached hydrogen (secondary N) is 1. The van der Waals surface area contributed by atoms with E-state index >= 15 is 0 Å². The predicted octanol–water partition coefficient (Wildman–Crippen LogP) is 10.4. The molecule has 0 fully saturated rings. The minimum Gasteiger partial charge on any atom is -0.386 e. The van der Waals surface area contributed by atoms with Crippen LogP contribution in [-0.4, -0.2) is 11.6 Å². The fraction of sp³-hybridized carbons (Fsp3) is 0.286. The first-order chi connectivity index (χ1) is 22.1. The average Bonchev–Trinajstić information content (AvgIpc) is 3.40. The summed E-state index contributed by atoms with van der Waals surface area (Å²) in [6.45, 7) is 26.1. The van der Waals surface area contributed by atoms with Crippen LogP contribution in [0.25, 0.3) is 28.0 Å². The van der Waals surface area contributed by atoms with Gasteiger partial charge in [-0.15, -0.1) is 6.58 Å². The molecule has 0 bridgehead atoms. The Morgan fingerprint density at radius 1 is 0.826 bits per heavy atom. The summed E-state index contributed by atoms with van der Waals surface area (Å²) in [6.07, 6.45) is 6.07. The summed E-state index contributed by atoms with van der Waals surface area (Å²) in [4.78, 5) is 0. The van der Waals surface area contributed by atoms with Gasteiger partial charge in [-0.3, -0.25) is 0 Å². The molecule has 0 saturated carbocycles. The SMILES string of the molecule is C=CC(CCCCn1c(-c2ccc(C)cc2)c(-c2ccccc2)c(C(=C)C)c1C(C)C)CC(=C)NC(=C)N.CN.c1ccccc1. The van der Waals surface area contributed by atoms with Crippen LogP contribution in [0.4, 0.5) is 0 Å². The molecule has 0 radical (unpaired) electrons. The van der Waals surface area contributed by atoms with Crippen LogP contribution in [0.1, 0.15) is 69.2 Å². The molecule has 0 aliphatic carbocycles. The zero-order valence-corrected chi connectivity index (χ0v) is 28.9. The number of aromatic nitrogens is 1. The minimum absolute atomic E-state index is 0.353. The average molecular weight is 617 g/mol. The second-order valence-electron chi connectivity index (χ2n) is 11.9. The highest BCUT2D eigenvalue weighted by Crippen LogP contribution is 2.44. The second kappa shape index (κ2) is 19.8. The van der Waals surface area contributed by atoms with E-state index in [1.165, 1.54) is 46.3 Å². The van der Waals surface area contributed by atoms with Crippen molar-refractivity contribution in [2.24, 2.45) is 17.4 Å². The Hall–Kier alpha value is -4.54. The molecule has 4 heteroatoms. The molecule has 0 spiro atoms. The van der Waals surface area contributed by atoms with Gasteiger partial charge in [-0.05, 0) is 68.7 Å². The molecule has 0 amide bonds. The zero-order valence-electron chi connectivity index (χ0n) is 28.9. The van der Waals surface area contributed by atoms with Crippen molar-refractivity contribution in [1.82, 2.24) is 9.88 Å². The molecule has 3 aromatic carbocycles. The van der Waals surface area contributed by atoms with E-state index in [1.54, 1.807) is 0 Å². The van der Waals surface area contributed by atoms with E-state index in [0.717, 1.165) is 43.5 Å². The van der Waals surface area contributed by atoms with Crippen LogP contribution in [0.2, 0.25) is 0 Å². The Labute approximate surface area is 279 Å². The van der Waals surface area contributed by atoms with Crippen LogP contribution in [0, 0.1) is 12.8 Å². The predicted molar refractivity (Wildman–Crippen MR) is 203 cm³/mol. The number of unbranched alkanes of at least 4 members (excludes halogenated alkanes) is 1.